The monoisotopic (exact) mass is 522 g/mol. The number of rotatable bonds is 5. The number of amides is 1. The number of hydrogen-bond donors (Lipinski definition) is 0. The zero-order valence-corrected chi connectivity index (χ0v) is 20.9. The lowest BCUT2D eigenvalue weighted by Crippen LogP contribution is -2.42. The van der Waals surface area contributed by atoms with Gasteiger partial charge in [-0.25, -0.2) is 0 Å². The second kappa shape index (κ2) is 9.62. The Labute approximate surface area is 211 Å². The summed E-state index contributed by atoms with van der Waals surface area (Å²) in [5.41, 5.74) is 3.35. The lowest BCUT2D eigenvalue weighted by Gasteiger charge is -2.26. The van der Waals surface area contributed by atoms with Crippen molar-refractivity contribution in [3.63, 3.8) is 0 Å². The van der Waals surface area contributed by atoms with E-state index in [1.165, 1.54) is 17.8 Å². The normalized spacial score (nSPS) is 19.6. The highest BCUT2D eigenvalue weighted by Gasteiger charge is 2.48. The summed E-state index contributed by atoms with van der Waals surface area (Å²) < 4.78 is 47.7. The molecular formula is C26H26ClF3N2O2S. The summed E-state index contributed by atoms with van der Waals surface area (Å²) >= 11 is 7.81. The van der Waals surface area contributed by atoms with Gasteiger partial charge in [0.05, 0.1) is 22.9 Å². The molecule has 0 N–H and O–H groups in total. The van der Waals surface area contributed by atoms with Crippen LogP contribution >= 0.6 is 22.9 Å². The van der Waals surface area contributed by atoms with Gasteiger partial charge in [-0.05, 0) is 68.9 Å². The molecule has 5 rings (SSSR count). The minimum atomic E-state index is -4.43. The summed E-state index contributed by atoms with van der Waals surface area (Å²) in [5.74, 6) is 0.321. The topological polar surface area (TPSA) is 42.4 Å². The van der Waals surface area contributed by atoms with Crippen LogP contribution in [-0.4, -0.2) is 34.1 Å². The van der Waals surface area contributed by atoms with Crippen molar-refractivity contribution in [1.82, 2.24) is 9.88 Å². The fraction of sp³-hybridized carbons (Fsp3) is 0.462. The first-order chi connectivity index (χ1) is 16.7. The SMILES string of the molecule is Cc1cc(Cl)cc(-c2ccnc3cc(CN4C(=O)CCC4C(F)(F)F)sc23)c1OC1CCCCC1. The molecule has 1 amide bonds. The van der Waals surface area contributed by atoms with Crippen LogP contribution in [0.4, 0.5) is 13.2 Å². The predicted octanol–water partition coefficient (Wildman–Crippen LogP) is 7.69. The summed E-state index contributed by atoms with van der Waals surface area (Å²) in [6, 6.07) is 5.70. The van der Waals surface area contributed by atoms with Crippen molar-refractivity contribution in [1.29, 1.82) is 0 Å². The van der Waals surface area contributed by atoms with Gasteiger partial charge in [0.15, 0.2) is 0 Å². The Kier molecular flexibility index (Phi) is 6.70. The molecule has 0 radical (unpaired) electrons. The zero-order chi connectivity index (χ0) is 24.7. The van der Waals surface area contributed by atoms with Crippen molar-refractivity contribution >= 4 is 39.1 Å². The first-order valence-corrected chi connectivity index (χ1v) is 13.1. The van der Waals surface area contributed by atoms with E-state index < -0.39 is 18.1 Å². The standard InChI is InChI=1S/C26H26ClF3N2O2S/c1-15-11-16(27)12-20(24(15)34-17-5-3-2-4-6-17)19-9-10-31-21-13-18(35-25(19)21)14-32-22(26(28,29)30)7-8-23(32)33/h9-13,17,22H,2-8,14H2,1H3. The molecule has 1 saturated carbocycles. The number of ether oxygens (including phenoxy) is 1. The van der Waals surface area contributed by atoms with E-state index in [9.17, 15) is 18.0 Å². The van der Waals surface area contributed by atoms with E-state index in [1.54, 1.807) is 12.3 Å². The van der Waals surface area contributed by atoms with Crippen LogP contribution in [0.5, 0.6) is 5.75 Å². The summed E-state index contributed by atoms with van der Waals surface area (Å²) in [6.07, 6.45) is 2.68. The van der Waals surface area contributed by atoms with Gasteiger partial charge in [-0.3, -0.25) is 9.78 Å². The average Bonchev–Trinajstić information content (AvgIpc) is 3.39. The van der Waals surface area contributed by atoms with Crippen LogP contribution in [0.2, 0.25) is 5.02 Å². The highest BCUT2D eigenvalue weighted by atomic mass is 35.5. The third-order valence-corrected chi connectivity index (χ3v) is 8.22. The van der Waals surface area contributed by atoms with E-state index in [1.807, 2.05) is 25.1 Å². The van der Waals surface area contributed by atoms with Gasteiger partial charge < -0.3 is 9.64 Å². The maximum atomic E-state index is 13.5. The second-order valence-electron chi connectivity index (χ2n) is 9.38. The molecular weight excluding hydrogens is 497 g/mol. The van der Waals surface area contributed by atoms with Crippen LogP contribution in [0.3, 0.4) is 0 Å². The molecule has 2 aromatic heterocycles. The van der Waals surface area contributed by atoms with E-state index >= 15 is 0 Å². The minimum absolute atomic E-state index is 0.0799. The average molecular weight is 523 g/mol. The number of thiophene rings is 1. The van der Waals surface area contributed by atoms with Crippen molar-refractivity contribution in [3.05, 3.63) is 45.9 Å². The largest absolute Gasteiger partial charge is 0.490 e. The summed E-state index contributed by atoms with van der Waals surface area (Å²) in [7, 11) is 0. The smallest absolute Gasteiger partial charge is 0.408 e. The second-order valence-corrected chi connectivity index (χ2v) is 11.0. The number of carbonyl (C=O) groups excluding carboxylic acids is 1. The number of pyridine rings is 1. The molecule has 3 heterocycles. The van der Waals surface area contributed by atoms with Gasteiger partial charge >= 0.3 is 6.18 Å². The number of aromatic nitrogens is 1. The van der Waals surface area contributed by atoms with E-state index in [2.05, 4.69) is 4.98 Å². The van der Waals surface area contributed by atoms with Crippen LogP contribution < -0.4 is 4.74 Å². The van der Waals surface area contributed by atoms with Crippen LogP contribution in [-0.2, 0) is 11.3 Å². The number of fused-ring (bicyclic) bond motifs is 1. The first kappa shape index (κ1) is 24.4. The van der Waals surface area contributed by atoms with Crippen LogP contribution in [0.1, 0.15) is 55.4 Å². The molecule has 35 heavy (non-hydrogen) atoms. The third kappa shape index (κ3) is 5.00. The zero-order valence-electron chi connectivity index (χ0n) is 19.3. The van der Waals surface area contributed by atoms with Crippen molar-refractivity contribution in [2.45, 2.75) is 76.7 Å². The number of aryl methyl sites for hydroxylation is 1. The van der Waals surface area contributed by atoms with Crippen LogP contribution in [0.15, 0.2) is 30.5 Å². The molecule has 1 atom stereocenters. The molecule has 1 aliphatic carbocycles. The molecule has 1 aliphatic heterocycles. The lowest BCUT2D eigenvalue weighted by atomic mass is 9.97. The number of carbonyl (C=O) groups is 1. The minimum Gasteiger partial charge on any atom is -0.490 e. The maximum Gasteiger partial charge on any atom is 0.408 e. The molecule has 9 heteroatoms. The highest BCUT2D eigenvalue weighted by molar-refractivity contribution is 7.19. The number of likely N-dealkylation sites (tertiary alicyclic amines) is 1. The molecule has 1 unspecified atom stereocenters. The fourth-order valence-corrected chi connectivity index (χ4v) is 6.57. The van der Waals surface area contributed by atoms with Gasteiger partial charge in [0, 0.05) is 33.6 Å². The Morgan fingerprint density at radius 2 is 1.91 bits per heavy atom. The lowest BCUT2D eigenvalue weighted by molar-refractivity contribution is -0.181. The Morgan fingerprint density at radius 1 is 1.14 bits per heavy atom. The van der Waals surface area contributed by atoms with Gasteiger partial charge in [0.25, 0.3) is 0 Å². The molecule has 2 aliphatic rings. The van der Waals surface area contributed by atoms with Gasteiger partial charge in [-0.2, -0.15) is 13.2 Å². The molecule has 0 spiro atoms. The number of benzene rings is 1. The van der Waals surface area contributed by atoms with Gasteiger partial charge in [0.1, 0.15) is 11.8 Å². The van der Waals surface area contributed by atoms with Gasteiger partial charge in [0.2, 0.25) is 5.91 Å². The summed E-state index contributed by atoms with van der Waals surface area (Å²) in [4.78, 5) is 18.3. The highest BCUT2D eigenvalue weighted by Crippen LogP contribution is 2.43. The number of hydrogen-bond acceptors (Lipinski definition) is 4. The Balaban J connectivity index is 1.52. The molecule has 3 aromatic rings. The Morgan fingerprint density at radius 3 is 2.66 bits per heavy atom. The van der Waals surface area contributed by atoms with Crippen molar-refractivity contribution in [2.75, 3.05) is 0 Å². The van der Waals surface area contributed by atoms with Crippen LogP contribution in [0.25, 0.3) is 21.3 Å². The Hall–Kier alpha value is -2.32. The van der Waals surface area contributed by atoms with Crippen molar-refractivity contribution < 1.29 is 22.7 Å². The van der Waals surface area contributed by atoms with Gasteiger partial charge in [-0.15, -0.1) is 11.3 Å². The molecule has 1 saturated heterocycles. The summed E-state index contributed by atoms with van der Waals surface area (Å²) in [5, 5.41) is 0.589. The van der Waals surface area contributed by atoms with Crippen molar-refractivity contribution in [2.24, 2.45) is 0 Å². The number of halogens is 4. The quantitative estimate of drug-likeness (QED) is 0.345. The molecule has 2 fully saturated rings. The molecule has 0 bridgehead atoms. The van der Waals surface area contributed by atoms with E-state index in [-0.39, 0.29) is 25.5 Å². The maximum absolute atomic E-state index is 13.5. The van der Waals surface area contributed by atoms with E-state index in [0.29, 0.717) is 15.4 Å². The van der Waals surface area contributed by atoms with Crippen LogP contribution in [0, 0.1) is 6.92 Å². The molecule has 1 aromatic carbocycles. The van der Waals surface area contributed by atoms with E-state index in [4.69, 9.17) is 16.3 Å². The van der Waals surface area contributed by atoms with Gasteiger partial charge in [-0.1, -0.05) is 18.0 Å². The third-order valence-electron chi connectivity index (χ3n) is 6.86. The molecule has 186 valence electrons. The first-order valence-electron chi connectivity index (χ1n) is 11.9. The predicted molar refractivity (Wildman–Crippen MR) is 132 cm³/mol. The fourth-order valence-electron chi connectivity index (χ4n) is 5.15. The van der Waals surface area contributed by atoms with E-state index in [0.717, 1.165) is 57.7 Å². The summed E-state index contributed by atoms with van der Waals surface area (Å²) in [6.45, 7) is 1.89. The molecule has 4 nitrogen and oxygen atoms in total. The number of alkyl halides is 3. The Bertz CT molecular complexity index is 1250. The number of nitrogens with zero attached hydrogens (tertiary/aromatic N) is 2. The van der Waals surface area contributed by atoms with Crippen molar-refractivity contribution in [3.8, 4) is 16.9 Å².